The number of ether oxygens (including phenoxy) is 1. The number of pyridine rings is 1. The Morgan fingerprint density at radius 3 is 2.66 bits per heavy atom. The molecule has 1 aliphatic carbocycles. The molecule has 32 heavy (non-hydrogen) atoms. The van der Waals surface area contributed by atoms with E-state index in [0.717, 1.165) is 12.8 Å². The van der Waals surface area contributed by atoms with Crippen molar-refractivity contribution in [2.45, 2.75) is 64.6 Å². The second-order valence-electron chi connectivity index (χ2n) is 8.73. The van der Waals surface area contributed by atoms with Gasteiger partial charge >= 0.3 is 6.18 Å². The predicted molar refractivity (Wildman–Crippen MR) is 119 cm³/mol. The fourth-order valence-corrected chi connectivity index (χ4v) is 6.00. The Hall–Kier alpha value is -1.47. The van der Waals surface area contributed by atoms with Crippen molar-refractivity contribution < 1.29 is 22.7 Å². The van der Waals surface area contributed by atoms with E-state index in [4.69, 9.17) is 27.9 Å². The molecular weight excluding hydrogens is 464 g/mol. The number of nitrogens with zero attached hydrogens (tertiary/aromatic N) is 2. The molecule has 0 bridgehead atoms. The van der Waals surface area contributed by atoms with Crippen molar-refractivity contribution in [3.8, 4) is 0 Å². The molecule has 1 aromatic rings. The maximum Gasteiger partial charge on any atom is 0.389 e. The summed E-state index contributed by atoms with van der Waals surface area (Å²) in [4.78, 5) is 19.2. The van der Waals surface area contributed by atoms with Crippen molar-refractivity contribution in [3.05, 3.63) is 34.1 Å². The molecule has 0 aromatic carbocycles. The molecular formula is C23H29Cl2F3N2O2. The van der Waals surface area contributed by atoms with E-state index in [2.05, 4.69) is 11.6 Å². The Balaban J connectivity index is 1.75. The summed E-state index contributed by atoms with van der Waals surface area (Å²) in [5.41, 5.74) is 0.798. The quantitative estimate of drug-likeness (QED) is 0.423. The number of rotatable bonds is 6. The van der Waals surface area contributed by atoms with Crippen molar-refractivity contribution in [1.82, 2.24) is 9.88 Å². The minimum absolute atomic E-state index is 0.00125. The number of fused-ring (bicyclic) bond motifs is 1. The van der Waals surface area contributed by atoms with Gasteiger partial charge in [-0.25, -0.2) is 4.98 Å². The summed E-state index contributed by atoms with van der Waals surface area (Å²) < 4.78 is 44.5. The molecule has 2 fully saturated rings. The summed E-state index contributed by atoms with van der Waals surface area (Å²) in [5, 5.41) is 0.511. The third kappa shape index (κ3) is 5.53. The number of hydrogen-bond donors (Lipinski definition) is 0. The maximum atomic E-state index is 13.2. The maximum absolute atomic E-state index is 13.2. The lowest BCUT2D eigenvalue weighted by Gasteiger charge is -2.49. The zero-order valence-corrected chi connectivity index (χ0v) is 19.9. The first-order chi connectivity index (χ1) is 15.0. The highest BCUT2D eigenvalue weighted by Crippen LogP contribution is 2.47. The molecule has 0 N–H and O–H groups in total. The molecule has 1 aliphatic heterocycles. The zero-order valence-electron chi connectivity index (χ0n) is 18.4. The van der Waals surface area contributed by atoms with Crippen molar-refractivity contribution >= 4 is 34.9 Å². The van der Waals surface area contributed by atoms with Gasteiger partial charge in [0.15, 0.2) is 0 Å². The zero-order chi connectivity index (χ0) is 23.6. The number of hydrogen-bond acceptors (Lipinski definition) is 3. The molecule has 1 aromatic heterocycles. The molecule has 2 aliphatic rings. The number of carbonyl (C=O) groups excluding carboxylic acids is 1. The topological polar surface area (TPSA) is 42.4 Å². The first kappa shape index (κ1) is 25.2. The second kappa shape index (κ2) is 10.2. The number of halogens is 5. The number of aromatic nitrogens is 1. The molecule has 4 atom stereocenters. The largest absolute Gasteiger partial charge is 0.492 e. The van der Waals surface area contributed by atoms with Gasteiger partial charge in [-0.3, -0.25) is 4.79 Å². The summed E-state index contributed by atoms with van der Waals surface area (Å²) >= 11 is 12.8. The van der Waals surface area contributed by atoms with Crippen LogP contribution in [0.4, 0.5) is 13.2 Å². The third-order valence-corrected chi connectivity index (χ3v) is 7.61. The summed E-state index contributed by atoms with van der Waals surface area (Å²) in [6.07, 6.45) is -0.668. The van der Waals surface area contributed by atoms with Gasteiger partial charge in [0.2, 0.25) is 5.91 Å². The Morgan fingerprint density at radius 1 is 1.28 bits per heavy atom. The highest BCUT2D eigenvalue weighted by atomic mass is 35.5. The van der Waals surface area contributed by atoms with Gasteiger partial charge in [0.05, 0.1) is 23.1 Å². The lowest BCUT2D eigenvalue weighted by Crippen LogP contribution is -2.53. The first-order valence-electron chi connectivity index (χ1n) is 11.0. The van der Waals surface area contributed by atoms with E-state index < -0.39 is 12.6 Å². The van der Waals surface area contributed by atoms with Crippen LogP contribution in [0.1, 0.15) is 57.2 Å². The van der Waals surface area contributed by atoms with E-state index in [-0.39, 0.29) is 46.2 Å². The highest BCUT2D eigenvalue weighted by Gasteiger charge is 2.46. The summed E-state index contributed by atoms with van der Waals surface area (Å²) in [6, 6.07) is -0.130. The van der Waals surface area contributed by atoms with E-state index in [0.29, 0.717) is 43.0 Å². The van der Waals surface area contributed by atoms with Crippen molar-refractivity contribution in [3.63, 3.8) is 0 Å². The standard InChI is InChI=1S/C23H29Cl2F3N2O2/c1-4-32-14(3)22-21(25)18(19(24)12-29-22)10-20(31)30-9-8-17-15(11-23(26,27)28)6-5-7-16(17)13(30)2/h12-13,15-17H,3-11H2,1-2H3. The van der Waals surface area contributed by atoms with E-state index in [1.165, 1.54) is 6.20 Å². The lowest BCUT2D eigenvalue weighted by atomic mass is 9.65. The van der Waals surface area contributed by atoms with Crippen molar-refractivity contribution in [2.75, 3.05) is 13.2 Å². The van der Waals surface area contributed by atoms with E-state index in [1.54, 1.807) is 4.90 Å². The van der Waals surface area contributed by atoms with Gasteiger partial charge in [0.1, 0.15) is 11.5 Å². The third-order valence-electron chi connectivity index (χ3n) is 6.88. The lowest BCUT2D eigenvalue weighted by molar-refractivity contribution is -0.160. The van der Waals surface area contributed by atoms with Gasteiger partial charge in [0.25, 0.3) is 0 Å². The van der Waals surface area contributed by atoms with Gasteiger partial charge in [-0.05, 0) is 50.9 Å². The molecule has 4 nitrogen and oxygen atoms in total. The van der Waals surface area contributed by atoms with Crippen LogP contribution in [0.25, 0.3) is 5.76 Å². The Labute approximate surface area is 197 Å². The van der Waals surface area contributed by atoms with Crippen LogP contribution in [0.3, 0.4) is 0 Å². The average molecular weight is 493 g/mol. The van der Waals surface area contributed by atoms with E-state index in [9.17, 15) is 18.0 Å². The van der Waals surface area contributed by atoms with Crippen LogP contribution in [0, 0.1) is 17.8 Å². The van der Waals surface area contributed by atoms with Crippen LogP contribution in [0.5, 0.6) is 0 Å². The molecule has 1 saturated carbocycles. The predicted octanol–water partition coefficient (Wildman–Crippen LogP) is 6.54. The van der Waals surface area contributed by atoms with Crippen LogP contribution in [-0.2, 0) is 16.0 Å². The fourth-order valence-electron chi connectivity index (χ4n) is 5.42. The number of likely N-dealkylation sites (tertiary alicyclic amines) is 1. The van der Waals surface area contributed by atoms with Gasteiger partial charge in [-0.2, -0.15) is 13.2 Å². The first-order valence-corrected chi connectivity index (χ1v) is 11.8. The molecule has 2 heterocycles. The summed E-state index contributed by atoms with van der Waals surface area (Å²) in [5.74, 6) is -0.124. The van der Waals surface area contributed by atoms with Crippen molar-refractivity contribution in [2.24, 2.45) is 17.8 Å². The van der Waals surface area contributed by atoms with Gasteiger partial charge < -0.3 is 9.64 Å². The molecule has 4 unspecified atom stereocenters. The highest BCUT2D eigenvalue weighted by molar-refractivity contribution is 6.37. The summed E-state index contributed by atoms with van der Waals surface area (Å²) in [7, 11) is 0. The smallest absolute Gasteiger partial charge is 0.389 e. The molecule has 0 radical (unpaired) electrons. The minimum atomic E-state index is -4.15. The van der Waals surface area contributed by atoms with Gasteiger partial charge in [-0.1, -0.05) is 36.2 Å². The Bertz CT molecular complexity index is 862. The van der Waals surface area contributed by atoms with E-state index >= 15 is 0 Å². The van der Waals surface area contributed by atoms with Gasteiger partial charge in [0, 0.05) is 30.8 Å². The second-order valence-corrected chi connectivity index (χ2v) is 9.52. The Morgan fingerprint density at radius 2 is 2.00 bits per heavy atom. The fraction of sp³-hybridized carbons (Fsp3) is 0.652. The van der Waals surface area contributed by atoms with Gasteiger partial charge in [-0.15, -0.1) is 0 Å². The summed E-state index contributed by atoms with van der Waals surface area (Å²) in [6.45, 7) is 8.42. The normalized spacial score (nSPS) is 25.9. The Kier molecular flexibility index (Phi) is 8.02. The number of carbonyl (C=O) groups is 1. The van der Waals surface area contributed by atoms with Crippen LogP contribution in [-0.4, -0.2) is 41.2 Å². The SMILES string of the molecule is C=C(OCC)c1ncc(Cl)c(CC(=O)N2CCC3C(CC(F)(F)F)CCCC3C2C)c1Cl. The number of amides is 1. The molecule has 9 heteroatoms. The van der Waals surface area contributed by atoms with Crippen LogP contribution >= 0.6 is 23.2 Å². The van der Waals surface area contributed by atoms with Crippen LogP contribution in [0.2, 0.25) is 10.0 Å². The molecule has 178 valence electrons. The van der Waals surface area contributed by atoms with Crippen LogP contribution in [0.15, 0.2) is 12.8 Å². The van der Waals surface area contributed by atoms with Crippen molar-refractivity contribution in [1.29, 1.82) is 0 Å². The molecule has 0 spiro atoms. The molecule has 3 rings (SSSR count). The van der Waals surface area contributed by atoms with E-state index in [1.807, 2.05) is 13.8 Å². The monoisotopic (exact) mass is 492 g/mol. The van der Waals surface area contributed by atoms with Crippen LogP contribution < -0.4 is 0 Å². The number of alkyl halides is 3. The molecule has 1 saturated heterocycles. The molecule has 1 amide bonds. The number of piperidine rings is 1. The average Bonchev–Trinajstić information content (AvgIpc) is 2.70. The minimum Gasteiger partial charge on any atom is -0.492 e.